The number of pyridine rings is 1. The zero-order valence-electron chi connectivity index (χ0n) is 16.0. The monoisotopic (exact) mass is 381 g/mol. The van der Waals surface area contributed by atoms with Crippen LogP contribution in [0.15, 0.2) is 54.9 Å². The third-order valence-corrected chi connectivity index (χ3v) is 4.98. The second-order valence-corrected chi connectivity index (χ2v) is 6.97. The van der Waals surface area contributed by atoms with Gasteiger partial charge >= 0.3 is 0 Å². The molecule has 0 saturated carbocycles. The molecule has 2 aromatic rings. The molecular formula is C22H27N3O3. The number of benzene rings is 1. The number of hydrogen-bond donors (Lipinski definition) is 1. The Labute approximate surface area is 165 Å². The molecule has 28 heavy (non-hydrogen) atoms. The van der Waals surface area contributed by atoms with Gasteiger partial charge in [-0.15, -0.1) is 0 Å². The highest BCUT2D eigenvalue weighted by Gasteiger charge is 2.26. The zero-order chi connectivity index (χ0) is 19.6. The Bertz CT molecular complexity index is 679. The van der Waals surface area contributed by atoms with E-state index in [2.05, 4.69) is 10.3 Å². The van der Waals surface area contributed by atoms with Crippen LogP contribution >= 0.6 is 0 Å². The number of piperidine rings is 1. The lowest BCUT2D eigenvalue weighted by atomic mass is 9.95. The van der Waals surface area contributed by atoms with Crippen LogP contribution in [0.1, 0.15) is 24.8 Å². The minimum absolute atomic E-state index is 0.0153. The molecule has 0 unspecified atom stereocenters. The van der Waals surface area contributed by atoms with Crippen LogP contribution < -0.4 is 10.1 Å². The molecule has 6 heteroatoms. The first-order chi connectivity index (χ1) is 13.7. The second kappa shape index (κ2) is 10.4. The quantitative estimate of drug-likeness (QED) is 0.762. The van der Waals surface area contributed by atoms with Gasteiger partial charge in [0.1, 0.15) is 5.75 Å². The maximum absolute atomic E-state index is 12.3. The summed E-state index contributed by atoms with van der Waals surface area (Å²) in [6.45, 7) is 2.24. The number of likely N-dealkylation sites (tertiary alicyclic amines) is 1. The number of ether oxygens (including phenoxy) is 1. The molecule has 0 bridgehead atoms. The Morgan fingerprint density at radius 1 is 1.11 bits per heavy atom. The molecule has 6 nitrogen and oxygen atoms in total. The van der Waals surface area contributed by atoms with E-state index in [1.165, 1.54) is 0 Å². The summed E-state index contributed by atoms with van der Waals surface area (Å²) < 4.78 is 5.59. The molecule has 1 aromatic heterocycles. The smallest absolute Gasteiger partial charge is 0.225 e. The van der Waals surface area contributed by atoms with Crippen molar-refractivity contribution in [1.29, 1.82) is 0 Å². The molecule has 0 atom stereocenters. The van der Waals surface area contributed by atoms with Gasteiger partial charge in [-0.25, -0.2) is 0 Å². The van der Waals surface area contributed by atoms with Gasteiger partial charge in [0.05, 0.1) is 13.0 Å². The maximum Gasteiger partial charge on any atom is 0.225 e. The van der Waals surface area contributed by atoms with E-state index in [-0.39, 0.29) is 17.7 Å². The number of carbonyl (C=O) groups is 2. The highest BCUT2D eigenvalue weighted by atomic mass is 16.5. The van der Waals surface area contributed by atoms with E-state index < -0.39 is 0 Å². The molecule has 1 aliphatic heterocycles. The molecule has 2 heterocycles. The van der Waals surface area contributed by atoms with Crippen LogP contribution in [-0.2, 0) is 16.0 Å². The molecule has 1 aromatic carbocycles. The summed E-state index contributed by atoms with van der Waals surface area (Å²) in [5.41, 5.74) is 1.11. The summed E-state index contributed by atoms with van der Waals surface area (Å²) in [5.74, 6) is 0.935. The largest absolute Gasteiger partial charge is 0.493 e. The first-order valence-electron chi connectivity index (χ1n) is 9.84. The Hall–Kier alpha value is -2.89. The number of para-hydroxylation sites is 1. The van der Waals surface area contributed by atoms with Gasteiger partial charge in [-0.2, -0.15) is 0 Å². The topological polar surface area (TPSA) is 71.5 Å². The lowest BCUT2D eigenvalue weighted by Crippen LogP contribution is -2.43. The van der Waals surface area contributed by atoms with Crippen LogP contribution in [0.4, 0.5) is 0 Å². The fraction of sp³-hybridized carbons (Fsp3) is 0.409. The summed E-state index contributed by atoms with van der Waals surface area (Å²) in [4.78, 5) is 30.6. The van der Waals surface area contributed by atoms with Crippen molar-refractivity contribution in [2.24, 2.45) is 5.92 Å². The van der Waals surface area contributed by atoms with Gasteiger partial charge < -0.3 is 15.0 Å². The molecule has 1 N–H and O–H groups in total. The second-order valence-electron chi connectivity index (χ2n) is 6.97. The third-order valence-electron chi connectivity index (χ3n) is 4.98. The minimum Gasteiger partial charge on any atom is -0.493 e. The molecule has 0 aliphatic carbocycles. The number of carbonyl (C=O) groups excluding carboxylic acids is 2. The molecule has 1 fully saturated rings. The van der Waals surface area contributed by atoms with Crippen LogP contribution in [0.2, 0.25) is 0 Å². The van der Waals surface area contributed by atoms with Gasteiger partial charge in [0.25, 0.3) is 0 Å². The van der Waals surface area contributed by atoms with Crippen LogP contribution in [0.5, 0.6) is 5.75 Å². The van der Waals surface area contributed by atoms with Gasteiger partial charge in [0.15, 0.2) is 0 Å². The number of rotatable bonds is 8. The summed E-state index contributed by atoms with van der Waals surface area (Å²) in [5, 5.41) is 3.01. The van der Waals surface area contributed by atoms with Gasteiger partial charge in [-0.05, 0) is 43.0 Å². The lowest BCUT2D eigenvalue weighted by molar-refractivity contribution is -0.136. The summed E-state index contributed by atoms with van der Waals surface area (Å²) in [6.07, 6.45) is 6.12. The average molecular weight is 381 g/mol. The Morgan fingerprint density at radius 3 is 2.61 bits per heavy atom. The van der Waals surface area contributed by atoms with E-state index in [0.717, 1.165) is 17.7 Å². The predicted octanol–water partition coefficient (Wildman–Crippen LogP) is 2.45. The van der Waals surface area contributed by atoms with Crippen molar-refractivity contribution in [3.8, 4) is 5.75 Å². The maximum atomic E-state index is 12.3. The average Bonchev–Trinajstić information content (AvgIpc) is 2.75. The molecule has 2 amide bonds. The van der Waals surface area contributed by atoms with Crippen LogP contribution in [-0.4, -0.2) is 47.9 Å². The molecule has 1 aliphatic rings. The predicted molar refractivity (Wildman–Crippen MR) is 107 cm³/mol. The molecular weight excluding hydrogens is 354 g/mol. The fourth-order valence-corrected chi connectivity index (χ4v) is 3.34. The summed E-state index contributed by atoms with van der Waals surface area (Å²) >= 11 is 0. The molecule has 0 radical (unpaired) electrons. The molecule has 3 rings (SSSR count). The van der Waals surface area contributed by atoms with E-state index in [1.807, 2.05) is 53.6 Å². The first-order valence-corrected chi connectivity index (χ1v) is 9.84. The van der Waals surface area contributed by atoms with E-state index in [1.54, 1.807) is 6.20 Å². The fourth-order valence-electron chi connectivity index (χ4n) is 3.34. The van der Waals surface area contributed by atoms with Crippen molar-refractivity contribution in [2.45, 2.75) is 25.7 Å². The van der Waals surface area contributed by atoms with Crippen LogP contribution in [0.25, 0.3) is 0 Å². The van der Waals surface area contributed by atoms with Crippen molar-refractivity contribution in [2.75, 3.05) is 26.2 Å². The summed E-state index contributed by atoms with van der Waals surface area (Å²) in [7, 11) is 0. The van der Waals surface area contributed by atoms with Crippen molar-refractivity contribution < 1.29 is 14.3 Å². The van der Waals surface area contributed by atoms with Crippen molar-refractivity contribution in [3.05, 3.63) is 60.4 Å². The molecule has 1 saturated heterocycles. The lowest BCUT2D eigenvalue weighted by Gasteiger charge is -2.31. The van der Waals surface area contributed by atoms with Crippen molar-refractivity contribution in [3.63, 3.8) is 0 Å². The molecule has 0 spiro atoms. The van der Waals surface area contributed by atoms with Crippen molar-refractivity contribution in [1.82, 2.24) is 15.2 Å². The number of hydrogen-bond acceptors (Lipinski definition) is 4. The Balaban J connectivity index is 1.32. The SMILES string of the molecule is O=C(NCCc1cccnc1)C1CCN(C(=O)CCOc2ccccc2)CC1. The molecule has 148 valence electrons. The summed E-state index contributed by atoms with van der Waals surface area (Å²) in [6, 6.07) is 13.4. The van der Waals surface area contributed by atoms with Gasteiger partial charge in [0, 0.05) is 37.9 Å². The number of nitrogens with zero attached hydrogens (tertiary/aromatic N) is 2. The number of aromatic nitrogens is 1. The zero-order valence-corrected chi connectivity index (χ0v) is 16.0. The van der Waals surface area contributed by atoms with E-state index in [4.69, 9.17) is 4.74 Å². The Morgan fingerprint density at radius 2 is 1.89 bits per heavy atom. The van der Waals surface area contributed by atoms with E-state index in [9.17, 15) is 9.59 Å². The number of amides is 2. The van der Waals surface area contributed by atoms with Crippen LogP contribution in [0.3, 0.4) is 0 Å². The van der Waals surface area contributed by atoms with Gasteiger partial charge in [0.2, 0.25) is 11.8 Å². The Kier molecular flexibility index (Phi) is 7.41. The van der Waals surface area contributed by atoms with Gasteiger partial charge in [-0.3, -0.25) is 14.6 Å². The highest BCUT2D eigenvalue weighted by molar-refractivity contribution is 5.80. The highest BCUT2D eigenvalue weighted by Crippen LogP contribution is 2.18. The van der Waals surface area contributed by atoms with Gasteiger partial charge in [-0.1, -0.05) is 24.3 Å². The normalized spacial score (nSPS) is 14.5. The van der Waals surface area contributed by atoms with Crippen LogP contribution in [0, 0.1) is 5.92 Å². The number of nitrogens with one attached hydrogen (secondary N) is 1. The van der Waals surface area contributed by atoms with E-state index in [0.29, 0.717) is 45.5 Å². The minimum atomic E-state index is -0.0153. The first kappa shape index (κ1) is 19.9. The third kappa shape index (κ3) is 6.08. The van der Waals surface area contributed by atoms with E-state index >= 15 is 0 Å². The standard InChI is InChI=1S/C22H27N3O3/c26-21(11-16-28-20-6-2-1-3-7-20)25-14-9-19(10-15-25)22(27)24-13-8-18-5-4-12-23-17-18/h1-7,12,17,19H,8-11,13-16H2,(H,24,27). The van der Waals surface area contributed by atoms with Crippen molar-refractivity contribution >= 4 is 11.8 Å².